The molecule has 0 unspecified atom stereocenters. The van der Waals surface area contributed by atoms with Crippen LogP contribution in [0.1, 0.15) is 55.7 Å². The summed E-state index contributed by atoms with van der Waals surface area (Å²) in [6, 6.07) is 13.8. The first-order valence-electron chi connectivity index (χ1n) is 10.4. The summed E-state index contributed by atoms with van der Waals surface area (Å²) in [6.07, 6.45) is 11.2. The summed E-state index contributed by atoms with van der Waals surface area (Å²) in [7, 11) is 0. The molecule has 0 saturated carbocycles. The Hall–Kier alpha value is -3.26. The van der Waals surface area contributed by atoms with Crippen molar-refractivity contribution < 1.29 is 9.13 Å². The standard InChI is InChI=1S/C25H26FN3O/c1-2-3-4-5-6-7-20-16-28-25(29-17-20)21-10-8-19(9-11-21)18-30-23-13-12-22(15-27)24(26)14-23/h8-14,16-17H,2-7,18H2,1H3. The number of ether oxygens (including phenoxy) is 1. The van der Waals surface area contributed by atoms with E-state index in [1.54, 1.807) is 12.1 Å². The van der Waals surface area contributed by atoms with Crippen molar-refractivity contribution in [3.63, 3.8) is 0 Å². The Kier molecular flexibility index (Phi) is 7.91. The number of rotatable bonds is 10. The Morgan fingerprint density at radius 1 is 0.933 bits per heavy atom. The molecular formula is C25H26FN3O. The molecule has 0 aliphatic rings. The van der Waals surface area contributed by atoms with Crippen molar-refractivity contribution >= 4 is 0 Å². The van der Waals surface area contributed by atoms with Crippen molar-refractivity contribution in [3.05, 3.63) is 77.4 Å². The molecule has 0 spiro atoms. The maximum Gasteiger partial charge on any atom is 0.159 e. The van der Waals surface area contributed by atoms with E-state index in [0.717, 1.165) is 17.5 Å². The molecule has 0 aliphatic carbocycles. The topological polar surface area (TPSA) is 58.8 Å². The normalized spacial score (nSPS) is 10.6. The predicted molar refractivity (Wildman–Crippen MR) is 115 cm³/mol. The largest absolute Gasteiger partial charge is 0.489 e. The van der Waals surface area contributed by atoms with E-state index in [4.69, 9.17) is 10.00 Å². The average Bonchev–Trinajstić information content (AvgIpc) is 2.78. The van der Waals surface area contributed by atoms with Crippen LogP contribution in [0.4, 0.5) is 4.39 Å². The third kappa shape index (κ3) is 6.12. The number of nitrogens with zero attached hydrogens (tertiary/aromatic N) is 3. The Bertz CT molecular complexity index is 979. The van der Waals surface area contributed by atoms with Crippen molar-refractivity contribution in [1.82, 2.24) is 9.97 Å². The van der Waals surface area contributed by atoms with Crippen LogP contribution < -0.4 is 4.74 Å². The first-order chi connectivity index (χ1) is 14.7. The number of unbranched alkanes of at least 4 members (excludes halogenated alkanes) is 4. The fourth-order valence-electron chi connectivity index (χ4n) is 3.16. The average molecular weight is 404 g/mol. The van der Waals surface area contributed by atoms with Crippen LogP contribution in [0.25, 0.3) is 11.4 Å². The van der Waals surface area contributed by atoms with Gasteiger partial charge in [0.25, 0.3) is 0 Å². The van der Waals surface area contributed by atoms with Crippen LogP contribution in [0.15, 0.2) is 54.9 Å². The van der Waals surface area contributed by atoms with E-state index < -0.39 is 5.82 Å². The molecule has 30 heavy (non-hydrogen) atoms. The first-order valence-corrected chi connectivity index (χ1v) is 10.4. The third-order valence-electron chi connectivity index (χ3n) is 4.95. The zero-order chi connectivity index (χ0) is 21.2. The molecule has 0 fully saturated rings. The number of aryl methyl sites for hydroxylation is 1. The molecule has 4 nitrogen and oxygen atoms in total. The van der Waals surface area contributed by atoms with E-state index >= 15 is 0 Å². The van der Waals surface area contributed by atoms with E-state index in [0.29, 0.717) is 18.2 Å². The highest BCUT2D eigenvalue weighted by atomic mass is 19.1. The van der Waals surface area contributed by atoms with Gasteiger partial charge in [0.15, 0.2) is 5.82 Å². The molecule has 0 aliphatic heterocycles. The molecular weight excluding hydrogens is 377 g/mol. The van der Waals surface area contributed by atoms with Gasteiger partial charge in [0, 0.05) is 24.0 Å². The maximum atomic E-state index is 13.6. The van der Waals surface area contributed by atoms with E-state index in [9.17, 15) is 4.39 Å². The van der Waals surface area contributed by atoms with E-state index in [1.807, 2.05) is 36.7 Å². The van der Waals surface area contributed by atoms with E-state index in [1.165, 1.54) is 49.8 Å². The van der Waals surface area contributed by atoms with Crippen LogP contribution in [0.2, 0.25) is 0 Å². The van der Waals surface area contributed by atoms with Gasteiger partial charge in [0.05, 0.1) is 5.56 Å². The Labute approximate surface area is 177 Å². The molecule has 0 atom stereocenters. The molecule has 5 heteroatoms. The van der Waals surface area contributed by atoms with Gasteiger partial charge in [0.1, 0.15) is 24.2 Å². The minimum absolute atomic E-state index is 0.00853. The van der Waals surface area contributed by atoms with Crippen LogP contribution in [0, 0.1) is 17.1 Å². The highest BCUT2D eigenvalue weighted by Gasteiger charge is 2.05. The lowest BCUT2D eigenvalue weighted by Gasteiger charge is -2.08. The summed E-state index contributed by atoms with van der Waals surface area (Å²) in [5.74, 6) is 0.516. The van der Waals surface area contributed by atoms with Crippen molar-refractivity contribution in [2.75, 3.05) is 0 Å². The number of benzene rings is 2. The zero-order valence-corrected chi connectivity index (χ0v) is 17.3. The van der Waals surface area contributed by atoms with Crippen molar-refractivity contribution in [2.24, 2.45) is 0 Å². The number of hydrogen-bond acceptors (Lipinski definition) is 4. The van der Waals surface area contributed by atoms with Crippen molar-refractivity contribution in [3.8, 4) is 23.2 Å². The molecule has 0 amide bonds. The second-order valence-electron chi connectivity index (χ2n) is 7.32. The summed E-state index contributed by atoms with van der Waals surface area (Å²) in [4.78, 5) is 9.01. The third-order valence-corrected chi connectivity index (χ3v) is 4.95. The molecule has 1 heterocycles. The van der Waals surface area contributed by atoms with Gasteiger partial charge in [-0.25, -0.2) is 14.4 Å². The van der Waals surface area contributed by atoms with E-state index in [2.05, 4.69) is 16.9 Å². The number of nitriles is 1. The maximum absolute atomic E-state index is 13.6. The SMILES string of the molecule is CCCCCCCc1cnc(-c2ccc(COc3ccc(C#N)c(F)c3)cc2)nc1. The summed E-state index contributed by atoms with van der Waals surface area (Å²) < 4.78 is 19.3. The second-order valence-corrected chi connectivity index (χ2v) is 7.32. The van der Waals surface area contributed by atoms with Gasteiger partial charge in [-0.05, 0) is 36.1 Å². The van der Waals surface area contributed by atoms with Gasteiger partial charge < -0.3 is 4.74 Å². The summed E-state index contributed by atoms with van der Waals surface area (Å²) in [5, 5.41) is 8.78. The monoisotopic (exact) mass is 403 g/mol. The smallest absolute Gasteiger partial charge is 0.159 e. The van der Waals surface area contributed by atoms with Gasteiger partial charge in [-0.15, -0.1) is 0 Å². The lowest BCUT2D eigenvalue weighted by molar-refractivity contribution is 0.304. The van der Waals surface area contributed by atoms with Crippen LogP contribution in [0.3, 0.4) is 0 Å². The molecule has 2 aromatic carbocycles. The molecule has 0 radical (unpaired) electrons. The summed E-state index contributed by atoms with van der Waals surface area (Å²) in [6.45, 7) is 2.53. The van der Waals surface area contributed by atoms with Crippen molar-refractivity contribution in [1.29, 1.82) is 5.26 Å². The molecule has 3 rings (SSSR count). The van der Waals surface area contributed by atoms with Gasteiger partial charge in [-0.1, -0.05) is 56.9 Å². The number of hydrogen-bond donors (Lipinski definition) is 0. The van der Waals surface area contributed by atoms with Gasteiger partial charge >= 0.3 is 0 Å². The number of aromatic nitrogens is 2. The van der Waals surface area contributed by atoms with Gasteiger partial charge in [0.2, 0.25) is 0 Å². The van der Waals surface area contributed by atoms with Crippen LogP contribution in [0.5, 0.6) is 5.75 Å². The lowest BCUT2D eigenvalue weighted by atomic mass is 10.1. The highest BCUT2D eigenvalue weighted by Crippen LogP contribution is 2.20. The minimum atomic E-state index is -0.577. The molecule has 3 aromatic rings. The van der Waals surface area contributed by atoms with Gasteiger partial charge in [-0.2, -0.15) is 5.26 Å². The van der Waals surface area contributed by atoms with E-state index in [-0.39, 0.29) is 5.56 Å². The molecule has 0 bridgehead atoms. The molecule has 0 N–H and O–H groups in total. The quantitative estimate of drug-likeness (QED) is 0.376. The van der Waals surface area contributed by atoms with Crippen LogP contribution in [-0.4, -0.2) is 9.97 Å². The van der Waals surface area contributed by atoms with Gasteiger partial charge in [-0.3, -0.25) is 0 Å². The van der Waals surface area contributed by atoms with Crippen molar-refractivity contribution in [2.45, 2.75) is 52.1 Å². The summed E-state index contributed by atoms with van der Waals surface area (Å²) >= 11 is 0. The first kappa shape index (κ1) is 21.4. The minimum Gasteiger partial charge on any atom is -0.489 e. The Morgan fingerprint density at radius 3 is 2.33 bits per heavy atom. The highest BCUT2D eigenvalue weighted by molar-refractivity contribution is 5.55. The molecule has 154 valence electrons. The molecule has 1 aromatic heterocycles. The lowest BCUT2D eigenvalue weighted by Crippen LogP contribution is -1.97. The number of halogens is 1. The summed E-state index contributed by atoms with van der Waals surface area (Å²) in [5.41, 5.74) is 3.08. The Balaban J connectivity index is 1.52. The molecule has 0 saturated heterocycles. The zero-order valence-electron chi connectivity index (χ0n) is 17.3. The van der Waals surface area contributed by atoms with Crippen LogP contribution >= 0.6 is 0 Å². The second kappa shape index (κ2) is 11.1. The fraction of sp³-hybridized carbons (Fsp3) is 0.320. The Morgan fingerprint density at radius 2 is 1.67 bits per heavy atom. The van der Waals surface area contributed by atoms with Crippen LogP contribution in [-0.2, 0) is 13.0 Å². The fourth-order valence-corrected chi connectivity index (χ4v) is 3.16. The predicted octanol–water partition coefficient (Wildman–Crippen LogP) is 6.25.